The Morgan fingerprint density at radius 3 is 2.69 bits per heavy atom. The van der Waals surface area contributed by atoms with Crippen molar-refractivity contribution in [3.8, 4) is 0 Å². The van der Waals surface area contributed by atoms with Crippen LogP contribution < -0.4 is 5.32 Å². The van der Waals surface area contributed by atoms with E-state index in [-0.39, 0.29) is 16.9 Å². The zero-order valence-electron chi connectivity index (χ0n) is 11.0. The second-order valence-electron chi connectivity index (χ2n) is 5.10. The lowest BCUT2D eigenvalue weighted by atomic mass is 10.1. The minimum Gasteiger partial charge on any atom is -0.335 e. The Morgan fingerprint density at radius 2 is 2.12 bits per heavy atom. The van der Waals surface area contributed by atoms with Crippen LogP contribution in [0.1, 0.15) is 26.2 Å². The van der Waals surface area contributed by atoms with Gasteiger partial charge in [0.2, 0.25) is 0 Å². The van der Waals surface area contributed by atoms with Crippen LogP contribution in [-0.2, 0) is 0 Å². The van der Waals surface area contributed by atoms with E-state index in [1.165, 1.54) is 18.6 Å². The number of urea groups is 1. The van der Waals surface area contributed by atoms with E-state index < -0.39 is 0 Å². The Labute approximate surface area is 102 Å². The fraction of sp³-hybridized carbons (Fsp3) is 0.917. The van der Waals surface area contributed by atoms with Crippen LogP contribution in [0.2, 0.25) is 0 Å². The van der Waals surface area contributed by atoms with Crippen molar-refractivity contribution >= 4 is 16.9 Å². The SMILES string of the molecule is CCN(C)C(=O)NC1CCC(C[SH](C)C)C1. The molecule has 0 spiro atoms. The van der Waals surface area contributed by atoms with E-state index in [4.69, 9.17) is 0 Å². The average Bonchev–Trinajstić information content (AvgIpc) is 2.63. The van der Waals surface area contributed by atoms with Crippen molar-refractivity contribution in [2.24, 2.45) is 5.92 Å². The van der Waals surface area contributed by atoms with E-state index in [9.17, 15) is 4.79 Å². The fourth-order valence-corrected chi connectivity index (χ4v) is 3.68. The molecule has 1 rings (SSSR count). The minimum absolute atomic E-state index is 0.0865. The van der Waals surface area contributed by atoms with Gasteiger partial charge >= 0.3 is 6.03 Å². The highest BCUT2D eigenvalue weighted by atomic mass is 32.2. The quantitative estimate of drug-likeness (QED) is 0.731. The predicted molar refractivity (Wildman–Crippen MR) is 73.7 cm³/mol. The highest BCUT2D eigenvalue weighted by Crippen LogP contribution is 2.31. The first-order chi connectivity index (χ1) is 7.52. The number of carbonyl (C=O) groups is 1. The van der Waals surface area contributed by atoms with E-state index in [1.54, 1.807) is 4.90 Å². The summed E-state index contributed by atoms with van der Waals surface area (Å²) in [4.78, 5) is 13.4. The summed E-state index contributed by atoms with van der Waals surface area (Å²) in [6, 6.07) is 0.505. The van der Waals surface area contributed by atoms with Crippen molar-refractivity contribution in [3.05, 3.63) is 0 Å². The van der Waals surface area contributed by atoms with Gasteiger partial charge in [-0.15, -0.1) is 0 Å². The molecule has 0 heterocycles. The van der Waals surface area contributed by atoms with Crippen molar-refractivity contribution in [1.29, 1.82) is 0 Å². The van der Waals surface area contributed by atoms with Gasteiger partial charge in [-0.3, -0.25) is 10.9 Å². The van der Waals surface area contributed by atoms with E-state index in [2.05, 4.69) is 17.8 Å². The maximum atomic E-state index is 11.7. The summed E-state index contributed by atoms with van der Waals surface area (Å²) in [5, 5.41) is 3.13. The lowest BCUT2D eigenvalue weighted by molar-refractivity contribution is 0.206. The van der Waals surface area contributed by atoms with Gasteiger partial charge in [-0.25, -0.2) is 4.79 Å². The van der Waals surface area contributed by atoms with Gasteiger partial charge in [0.05, 0.1) is 0 Å². The smallest absolute Gasteiger partial charge is 0.317 e. The fourth-order valence-electron chi connectivity index (χ4n) is 2.32. The molecule has 0 aromatic heterocycles. The van der Waals surface area contributed by atoms with Crippen molar-refractivity contribution in [2.75, 3.05) is 31.9 Å². The monoisotopic (exact) mass is 246 g/mol. The molecule has 1 aliphatic carbocycles. The van der Waals surface area contributed by atoms with Crippen molar-refractivity contribution < 1.29 is 4.79 Å². The van der Waals surface area contributed by atoms with E-state index in [0.29, 0.717) is 6.04 Å². The van der Waals surface area contributed by atoms with Gasteiger partial charge in [-0.2, -0.15) is 0 Å². The molecule has 1 aliphatic rings. The number of hydrogen-bond donors (Lipinski definition) is 2. The molecule has 1 N–H and O–H groups in total. The Balaban J connectivity index is 2.28. The third-order valence-corrected chi connectivity index (χ3v) is 4.56. The zero-order chi connectivity index (χ0) is 12.1. The number of nitrogens with one attached hydrogen (secondary N) is 1. The Morgan fingerprint density at radius 1 is 1.44 bits per heavy atom. The highest BCUT2D eigenvalue weighted by Gasteiger charge is 2.26. The maximum Gasteiger partial charge on any atom is 0.317 e. The first kappa shape index (κ1) is 13.7. The topological polar surface area (TPSA) is 32.3 Å². The van der Waals surface area contributed by atoms with E-state index in [1.807, 2.05) is 14.0 Å². The van der Waals surface area contributed by atoms with Gasteiger partial charge in [0.15, 0.2) is 0 Å². The molecule has 1 fully saturated rings. The molecular weight excluding hydrogens is 220 g/mol. The second kappa shape index (κ2) is 6.38. The standard InChI is InChI=1S/C12H26N2OS/c1-5-14(2)12(15)13-11-7-6-10(8-11)9-16(3)4/h10-11,16H,5-9H2,1-4H3,(H,13,15). The summed E-state index contributed by atoms with van der Waals surface area (Å²) in [6.45, 7) is 2.77. The second-order valence-corrected chi connectivity index (χ2v) is 7.63. The molecular formula is C12H26N2OS. The summed E-state index contributed by atoms with van der Waals surface area (Å²) in [7, 11) is 2.06. The van der Waals surface area contributed by atoms with Gasteiger partial charge in [0, 0.05) is 19.6 Å². The molecule has 0 saturated heterocycles. The normalized spacial score (nSPS) is 25.4. The lowest BCUT2D eigenvalue weighted by Gasteiger charge is -2.20. The molecule has 3 nitrogen and oxygen atoms in total. The molecule has 0 aliphatic heterocycles. The molecule has 0 aromatic carbocycles. The van der Waals surface area contributed by atoms with Crippen LogP contribution in [0.15, 0.2) is 0 Å². The summed E-state index contributed by atoms with van der Waals surface area (Å²) >= 11 is 0. The number of amides is 2. The van der Waals surface area contributed by atoms with Crippen LogP contribution in [0.3, 0.4) is 0 Å². The Hall–Kier alpha value is -0.380. The molecule has 2 unspecified atom stereocenters. The van der Waals surface area contributed by atoms with Crippen LogP contribution >= 0.6 is 10.9 Å². The van der Waals surface area contributed by atoms with Gasteiger partial charge in [0.25, 0.3) is 0 Å². The maximum absolute atomic E-state index is 11.7. The van der Waals surface area contributed by atoms with E-state index in [0.717, 1.165) is 18.9 Å². The van der Waals surface area contributed by atoms with Crippen LogP contribution in [-0.4, -0.2) is 48.8 Å². The van der Waals surface area contributed by atoms with Gasteiger partial charge in [-0.05, 0) is 50.4 Å². The average molecular weight is 246 g/mol. The minimum atomic E-state index is 0.0865. The van der Waals surface area contributed by atoms with Crippen LogP contribution in [0.25, 0.3) is 0 Å². The summed E-state index contributed by atoms with van der Waals surface area (Å²) in [5.41, 5.74) is 0. The van der Waals surface area contributed by atoms with E-state index >= 15 is 0 Å². The number of nitrogens with zero attached hydrogens (tertiary/aromatic N) is 1. The molecule has 1 saturated carbocycles. The first-order valence-electron chi connectivity index (χ1n) is 6.19. The largest absolute Gasteiger partial charge is 0.335 e. The number of carbonyl (C=O) groups excluding carboxylic acids is 1. The molecule has 4 heteroatoms. The number of thiol groups is 1. The summed E-state index contributed by atoms with van der Waals surface area (Å²) < 4.78 is 0. The zero-order valence-corrected chi connectivity index (χ0v) is 11.9. The third kappa shape index (κ3) is 4.24. The first-order valence-corrected chi connectivity index (χ1v) is 8.61. The van der Waals surface area contributed by atoms with Crippen molar-refractivity contribution in [1.82, 2.24) is 10.2 Å². The predicted octanol–water partition coefficient (Wildman–Crippen LogP) is 2.08. The third-order valence-electron chi connectivity index (χ3n) is 3.31. The molecule has 2 atom stereocenters. The van der Waals surface area contributed by atoms with Gasteiger partial charge in [-0.1, -0.05) is 0 Å². The van der Waals surface area contributed by atoms with Crippen molar-refractivity contribution in [2.45, 2.75) is 32.2 Å². The highest BCUT2D eigenvalue weighted by molar-refractivity contribution is 8.15. The molecule has 0 radical (unpaired) electrons. The molecule has 0 bridgehead atoms. The number of rotatable bonds is 4. The van der Waals surface area contributed by atoms with Gasteiger partial charge < -0.3 is 10.2 Å². The summed E-state index contributed by atoms with van der Waals surface area (Å²) in [6.07, 6.45) is 8.32. The van der Waals surface area contributed by atoms with Crippen molar-refractivity contribution in [3.63, 3.8) is 0 Å². The Bertz CT molecular complexity index is 233. The lowest BCUT2D eigenvalue weighted by Crippen LogP contribution is -2.42. The molecule has 0 aromatic rings. The molecule has 2 amide bonds. The van der Waals surface area contributed by atoms with Crippen LogP contribution in [0.4, 0.5) is 4.79 Å². The Kier molecular flexibility index (Phi) is 5.46. The van der Waals surface area contributed by atoms with Gasteiger partial charge in [0.1, 0.15) is 0 Å². The molecule has 96 valence electrons. The number of hydrogen-bond acceptors (Lipinski definition) is 1. The van der Waals surface area contributed by atoms with Crippen LogP contribution in [0.5, 0.6) is 0 Å². The van der Waals surface area contributed by atoms with Crippen LogP contribution in [0, 0.1) is 5.92 Å². The molecule has 16 heavy (non-hydrogen) atoms. The summed E-state index contributed by atoms with van der Waals surface area (Å²) in [5.74, 6) is 2.21.